The molecule has 0 spiro atoms. The first-order valence-electron chi connectivity index (χ1n) is 7.79. The van der Waals surface area contributed by atoms with Gasteiger partial charge in [0.15, 0.2) is 11.5 Å². The summed E-state index contributed by atoms with van der Waals surface area (Å²) in [5.74, 6) is 1.40. The Kier molecular flexibility index (Phi) is 6.67. The highest BCUT2D eigenvalue weighted by atomic mass is 79.9. The third-order valence-electron chi connectivity index (χ3n) is 3.84. The summed E-state index contributed by atoms with van der Waals surface area (Å²) in [5, 5.41) is 3.03. The van der Waals surface area contributed by atoms with Crippen LogP contribution in [0.15, 0.2) is 46.9 Å². The van der Waals surface area contributed by atoms with E-state index in [-0.39, 0.29) is 11.9 Å². The van der Waals surface area contributed by atoms with E-state index >= 15 is 0 Å². The zero-order valence-electron chi connectivity index (χ0n) is 14.1. The van der Waals surface area contributed by atoms with Crippen molar-refractivity contribution in [2.24, 2.45) is 0 Å². The molecule has 0 aliphatic carbocycles. The first-order valence-corrected chi connectivity index (χ1v) is 8.58. The molecule has 2 aromatic carbocycles. The molecule has 1 N–H and O–H groups in total. The van der Waals surface area contributed by atoms with Crippen molar-refractivity contribution in [1.29, 1.82) is 0 Å². The molecule has 2 aromatic rings. The molecule has 2 rings (SSSR count). The van der Waals surface area contributed by atoms with Crippen molar-refractivity contribution >= 4 is 21.8 Å². The lowest BCUT2D eigenvalue weighted by molar-refractivity contribution is -0.121. The first-order chi connectivity index (χ1) is 11.5. The number of hydrogen-bond acceptors (Lipinski definition) is 3. The molecule has 0 radical (unpaired) electrons. The topological polar surface area (TPSA) is 47.6 Å². The van der Waals surface area contributed by atoms with Crippen molar-refractivity contribution in [3.05, 3.63) is 58.1 Å². The Labute approximate surface area is 151 Å². The lowest BCUT2D eigenvalue weighted by Gasteiger charge is -2.15. The predicted octanol–water partition coefficient (Wildman–Crippen LogP) is 4.28. The maximum Gasteiger partial charge on any atom is 0.220 e. The molecule has 0 aliphatic heterocycles. The highest BCUT2D eigenvalue weighted by Gasteiger charge is 2.11. The SMILES string of the molecule is COc1ccc(CCC(=O)NC(C)c2ccc(Br)cc2)cc1OC. The van der Waals surface area contributed by atoms with Crippen LogP contribution in [0, 0.1) is 0 Å². The zero-order valence-corrected chi connectivity index (χ0v) is 15.7. The fourth-order valence-corrected chi connectivity index (χ4v) is 2.71. The van der Waals surface area contributed by atoms with Crippen molar-refractivity contribution in [3.8, 4) is 11.5 Å². The third kappa shape index (κ3) is 4.99. The molecule has 1 amide bonds. The molecule has 4 nitrogen and oxygen atoms in total. The van der Waals surface area contributed by atoms with Gasteiger partial charge < -0.3 is 14.8 Å². The normalized spacial score (nSPS) is 11.7. The van der Waals surface area contributed by atoms with E-state index in [4.69, 9.17) is 9.47 Å². The summed E-state index contributed by atoms with van der Waals surface area (Å²) in [6.45, 7) is 1.98. The Morgan fingerprint density at radius 1 is 1.08 bits per heavy atom. The molecule has 0 bridgehead atoms. The molecule has 0 heterocycles. The second-order valence-electron chi connectivity index (χ2n) is 5.53. The highest BCUT2D eigenvalue weighted by Crippen LogP contribution is 2.28. The van der Waals surface area contributed by atoms with E-state index in [2.05, 4.69) is 21.2 Å². The van der Waals surface area contributed by atoms with Crippen LogP contribution in [0.1, 0.15) is 30.5 Å². The van der Waals surface area contributed by atoms with E-state index in [1.165, 1.54) is 0 Å². The smallest absolute Gasteiger partial charge is 0.220 e. The van der Waals surface area contributed by atoms with Crippen molar-refractivity contribution < 1.29 is 14.3 Å². The van der Waals surface area contributed by atoms with Gasteiger partial charge in [0.2, 0.25) is 5.91 Å². The molecular formula is C19H22BrNO3. The number of rotatable bonds is 7. The predicted molar refractivity (Wildman–Crippen MR) is 98.6 cm³/mol. The molecule has 128 valence electrons. The maximum atomic E-state index is 12.2. The van der Waals surface area contributed by atoms with Crippen LogP contribution in [-0.2, 0) is 11.2 Å². The monoisotopic (exact) mass is 391 g/mol. The number of carbonyl (C=O) groups is 1. The fraction of sp³-hybridized carbons (Fsp3) is 0.316. The minimum atomic E-state index is -0.0176. The fourth-order valence-electron chi connectivity index (χ4n) is 2.44. The number of nitrogens with one attached hydrogen (secondary N) is 1. The van der Waals surface area contributed by atoms with E-state index < -0.39 is 0 Å². The van der Waals surface area contributed by atoms with Crippen LogP contribution in [0.4, 0.5) is 0 Å². The molecule has 1 unspecified atom stereocenters. The van der Waals surface area contributed by atoms with Gasteiger partial charge in [-0.05, 0) is 48.7 Å². The quantitative estimate of drug-likeness (QED) is 0.765. The van der Waals surface area contributed by atoms with Crippen LogP contribution >= 0.6 is 15.9 Å². The molecule has 5 heteroatoms. The molecule has 0 saturated carbocycles. The van der Waals surface area contributed by atoms with Crippen molar-refractivity contribution in [2.75, 3.05) is 14.2 Å². The molecule has 0 saturated heterocycles. The number of halogens is 1. The van der Waals surface area contributed by atoms with Gasteiger partial charge in [0, 0.05) is 10.9 Å². The molecule has 0 aliphatic rings. The van der Waals surface area contributed by atoms with Crippen LogP contribution in [0.25, 0.3) is 0 Å². The number of benzene rings is 2. The number of methoxy groups -OCH3 is 2. The number of amides is 1. The maximum absolute atomic E-state index is 12.2. The highest BCUT2D eigenvalue weighted by molar-refractivity contribution is 9.10. The van der Waals surface area contributed by atoms with Gasteiger partial charge in [-0.25, -0.2) is 0 Å². The molecule has 0 aromatic heterocycles. The average Bonchev–Trinajstić information content (AvgIpc) is 2.60. The summed E-state index contributed by atoms with van der Waals surface area (Å²) in [4.78, 5) is 12.2. The number of aryl methyl sites for hydroxylation is 1. The lowest BCUT2D eigenvalue weighted by Crippen LogP contribution is -2.26. The van der Waals surface area contributed by atoms with E-state index in [9.17, 15) is 4.79 Å². The largest absolute Gasteiger partial charge is 0.493 e. The van der Waals surface area contributed by atoms with Crippen LogP contribution in [-0.4, -0.2) is 20.1 Å². The van der Waals surface area contributed by atoms with Gasteiger partial charge in [-0.2, -0.15) is 0 Å². The molecule has 1 atom stereocenters. The van der Waals surface area contributed by atoms with E-state index in [0.29, 0.717) is 24.3 Å². The van der Waals surface area contributed by atoms with Crippen LogP contribution in [0.3, 0.4) is 0 Å². The van der Waals surface area contributed by atoms with Crippen molar-refractivity contribution in [3.63, 3.8) is 0 Å². The van der Waals surface area contributed by atoms with Crippen LogP contribution in [0.2, 0.25) is 0 Å². The van der Waals surface area contributed by atoms with Crippen molar-refractivity contribution in [1.82, 2.24) is 5.32 Å². The summed E-state index contributed by atoms with van der Waals surface area (Å²) in [5.41, 5.74) is 2.12. The Balaban J connectivity index is 1.90. The van der Waals surface area contributed by atoms with Gasteiger partial charge in [0.25, 0.3) is 0 Å². The Morgan fingerprint density at radius 3 is 2.38 bits per heavy atom. The minimum absolute atomic E-state index is 0.0176. The van der Waals surface area contributed by atoms with E-state index in [1.807, 2.05) is 49.4 Å². The average molecular weight is 392 g/mol. The summed E-state index contributed by atoms with van der Waals surface area (Å²) < 4.78 is 11.5. The summed E-state index contributed by atoms with van der Waals surface area (Å²) >= 11 is 3.41. The number of ether oxygens (including phenoxy) is 2. The molecule has 24 heavy (non-hydrogen) atoms. The summed E-state index contributed by atoms with van der Waals surface area (Å²) in [6, 6.07) is 13.7. The zero-order chi connectivity index (χ0) is 17.5. The standard InChI is InChI=1S/C19H22BrNO3/c1-13(15-6-8-16(20)9-7-15)21-19(22)11-5-14-4-10-17(23-2)18(12-14)24-3/h4,6-10,12-13H,5,11H2,1-3H3,(H,21,22). The van der Waals surface area contributed by atoms with Gasteiger partial charge in [0.05, 0.1) is 20.3 Å². The van der Waals surface area contributed by atoms with Gasteiger partial charge in [-0.1, -0.05) is 34.1 Å². The van der Waals surface area contributed by atoms with Gasteiger partial charge in [0.1, 0.15) is 0 Å². The Hall–Kier alpha value is -2.01. The molecule has 0 fully saturated rings. The van der Waals surface area contributed by atoms with E-state index in [1.54, 1.807) is 14.2 Å². The summed E-state index contributed by atoms with van der Waals surface area (Å²) in [7, 11) is 3.21. The lowest BCUT2D eigenvalue weighted by atomic mass is 10.1. The second-order valence-corrected chi connectivity index (χ2v) is 6.45. The summed E-state index contributed by atoms with van der Waals surface area (Å²) in [6.07, 6.45) is 1.08. The van der Waals surface area contributed by atoms with Crippen molar-refractivity contribution in [2.45, 2.75) is 25.8 Å². The van der Waals surface area contributed by atoms with Gasteiger partial charge in [-0.3, -0.25) is 4.79 Å². The number of carbonyl (C=O) groups excluding carboxylic acids is 1. The molecular weight excluding hydrogens is 370 g/mol. The first kappa shape index (κ1) is 18.3. The van der Waals surface area contributed by atoms with Crippen LogP contribution < -0.4 is 14.8 Å². The number of hydrogen-bond donors (Lipinski definition) is 1. The van der Waals surface area contributed by atoms with Gasteiger partial charge in [-0.15, -0.1) is 0 Å². The Morgan fingerprint density at radius 2 is 1.75 bits per heavy atom. The van der Waals surface area contributed by atoms with Crippen LogP contribution in [0.5, 0.6) is 11.5 Å². The Bertz CT molecular complexity index is 686. The van der Waals surface area contributed by atoms with Gasteiger partial charge >= 0.3 is 0 Å². The minimum Gasteiger partial charge on any atom is -0.493 e. The third-order valence-corrected chi connectivity index (χ3v) is 4.36. The second kappa shape index (κ2) is 8.73. The van der Waals surface area contributed by atoms with E-state index in [0.717, 1.165) is 15.6 Å².